The van der Waals surface area contributed by atoms with Crippen LogP contribution in [0.5, 0.6) is 0 Å². The molecule has 0 spiro atoms. The first-order valence-corrected chi connectivity index (χ1v) is 0. The molecule has 2 radical (unpaired) electrons. The summed E-state index contributed by atoms with van der Waals surface area (Å²) in [6.45, 7) is 0. The summed E-state index contributed by atoms with van der Waals surface area (Å²) in [6.07, 6.45) is 0. The first-order chi connectivity index (χ1) is 0. The molecule has 0 saturated carbocycles. The van der Waals surface area contributed by atoms with Gasteiger partial charge in [0, 0.05) is 106 Å². The van der Waals surface area contributed by atoms with Gasteiger partial charge in [-0.3, -0.25) is 0 Å². The molecule has 6 heavy (non-hydrogen) atoms. The first-order valence-electron chi connectivity index (χ1n) is 0. The van der Waals surface area contributed by atoms with Crippen molar-refractivity contribution in [2.24, 2.45) is 0 Å². The van der Waals surface area contributed by atoms with E-state index < -0.39 is 0 Å². The Morgan fingerprint density at radius 1 is 1.00 bits per heavy atom. The van der Waals surface area contributed by atoms with Crippen LogP contribution >= 0.6 is 0 Å². The topological polar surface area (TPSA) is 0 Å². The van der Waals surface area contributed by atoms with Crippen LogP contribution in [0.1, 0.15) is 0 Å². The fourth-order valence-electron chi connectivity index (χ4n) is 0. The normalized spacial score (nSPS) is 0. The van der Waals surface area contributed by atoms with Gasteiger partial charge in [0.15, 0.2) is 0 Å². The summed E-state index contributed by atoms with van der Waals surface area (Å²) < 4.78 is 0. The first kappa shape index (κ1) is 59.5. The van der Waals surface area contributed by atoms with Crippen molar-refractivity contribution in [2.45, 2.75) is 0 Å². The van der Waals surface area contributed by atoms with Gasteiger partial charge in [0.05, 0.1) is 0 Å². The van der Waals surface area contributed by atoms with Gasteiger partial charge in [-0.25, -0.2) is 0 Å². The molecule has 0 rings (SSSR count). The molecule has 0 nitrogen and oxygen atoms in total. The van der Waals surface area contributed by atoms with Crippen molar-refractivity contribution >= 4 is 0 Å². The molecule has 0 saturated heterocycles. The molecule has 0 fully saturated rings. The van der Waals surface area contributed by atoms with Crippen LogP contribution < -0.4 is 0 Å². The Hall–Kier alpha value is 3.26. The van der Waals surface area contributed by atoms with Gasteiger partial charge in [0.2, 0.25) is 0 Å². The van der Waals surface area contributed by atoms with E-state index in [0.29, 0.717) is 0 Å². The number of hydrogen-bond acceptors (Lipinski definition) is 0. The third-order valence-corrected chi connectivity index (χ3v) is 0. The summed E-state index contributed by atoms with van der Waals surface area (Å²) in [5.41, 5.74) is 0. The minimum absolute atomic E-state index is 0. The van der Waals surface area contributed by atoms with Gasteiger partial charge >= 0.3 is 0 Å². The van der Waals surface area contributed by atoms with E-state index in [4.69, 9.17) is 0 Å². The van der Waals surface area contributed by atoms with Crippen molar-refractivity contribution in [3.63, 3.8) is 0 Å². The van der Waals surface area contributed by atoms with E-state index in [2.05, 4.69) is 0 Å². The van der Waals surface area contributed by atoms with E-state index in [1.165, 1.54) is 0 Å². The van der Waals surface area contributed by atoms with Crippen LogP contribution in [0, 0.1) is 0 Å². The maximum absolute atomic E-state index is 0. The Morgan fingerprint density at radius 3 is 1.00 bits per heavy atom. The van der Waals surface area contributed by atoms with Gasteiger partial charge in [-0.2, -0.15) is 0 Å². The summed E-state index contributed by atoms with van der Waals surface area (Å²) in [5.74, 6) is 0. The van der Waals surface area contributed by atoms with Crippen LogP contribution in [0.15, 0.2) is 0 Å². The molecule has 6 heteroatoms. The summed E-state index contributed by atoms with van der Waals surface area (Å²) in [6, 6.07) is 0. The summed E-state index contributed by atoms with van der Waals surface area (Å²) in [4.78, 5) is 0. The van der Waals surface area contributed by atoms with Crippen molar-refractivity contribution < 1.29 is 106 Å². The molecule has 0 aliphatic heterocycles. The molecule has 46 valence electrons. The largest absolute Gasteiger partial charge is 0 e. The zero-order valence-corrected chi connectivity index (χ0v) is 10.7. The molecule has 0 aromatic rings. The predicted octanol–water partition coefficient (Wildman–Crippen LogP) is -0.0150. The van der Waals surface area contributed by atoms with Crippen LogP contribution in [0.25, 0.3) is 0 Å². The zero-order valence-electron chi connectivity index (χ0n) is 2.20. The fraction of sp³-hybridized carbons (Fsp3) is 0. The minimum Gasteiger partial charge on any atom is 0 e. The van der Waals surface area contributed by atoms with Crippen LogP contribution in [0.4, 0.5) is 0 Å². The maximum atomic E-state index is 0. The molecular formula is CoCrFeMnNiW. The molecule has 0 bridgehead atoms. The Morgan fingerprint density at radius 2 is 1.00 bits per heavy atom. The predicted molar refractivity (Wildman–Crippen MR) is 0 cm³/mol. The second-order valence-corrected chi connectivity index (χ2v) is 0. The van der Waals surface area contributed by atoms with Gasteiger partial charge in [-0.05, 0) is 0 Å². The molecule has 0 heterocycles. The molecule has 0 aromatic carbocycles. The van der Waals surface area contributed by atoms with Gasteiger partial charge in [0.1, 0.15) is 0 Å². The smallest absolute Gasteiger partial charge is 0 e. The van der Waals surface area contributed by atoms with E-state index in [1.807, 2.05) is 0 Å². The van der Waals surface area contributed by atoms with Gasteiger partial charge < -0.3 is 0 Å². The molecule has 0 amide bonds. The Bertz CT molecular complexity index is 15.5. The summed E-state index contributed by atoms with van der Waals surface area (Å²) in [5, 5.41) is 0. The van der Waals surface area contributed by atoms with E-state index in [0.717, 1.165) is 0 Å². The van der Waals surface area contributed by atoms with Gasteiger partial charge in [-0.1, -0.05) is 0 Å². The molecule has 0 aliphatic rings. The monoisotopic (exact) mass is 464 g/mol. The second kappa shape index (κ2) is 41.0. The van der Waals surface area contributed by atoms with E-state index in [-0.39, 0.29) is 106 Å². The third kappa shape index (κ3) is 26.8. The SMILES string of the molecule is [Co].[Cr].[Fe].[Mn].[Ni].[W]. The Kier molecular flexibility index (Phi) is 406. The van der Waals surface area contributed by atoms with E-state index >= 15 is 0 Å². The molecule has 0 aliphatic carbocycles. The number of rotatable bonds is 0. The minimum atomic E-state index is 0. The van der Waals surface area contributed by atoms with Gasteiger partial charge in [-0.15, -0.1) is 0 Å². The van der Waals surface area contributed by atoms with Crippen LogP contribution in [0.2, 0.25) is 0 Å². The Labute approximate surface area is 104 Å². The van der Waals surface area contributed by atoms with Crippen molar-refractivity contribution in [3.8, 4) is 0 Å². The quantitative estimate of drug-likeness (QED) is 0.443. The van der Waals surface area contributed by atoms with Crippen LogP contribution in [0.3, 0.4) is 0 Å². The zero-order chi connectivity index (χ0) is 0. The van der Waals surface area contributed by atoms with Crippen LogP contribution in [-0.4, -0.2) is 0 Å². The van der Waals surface area contributed by atoms with E-state index in [1.54, 1.807) is 0 Å². The number of hydrogen-bond donors (Lipinski definition) is 0. The molecule has 0 unspecified atom stereocenters. The van der Waals surface area contributed by atoms with Crippen molar-refractivity contribution in [1.29, 1.82) is 0 Å². The van der Waals surface area contributed by atoms with Crippen molar-refractivity contribution in [2.75, 3.05) is 0 Å². The fourth-order valence-corrected chi connectivity index (χ4v) is 0. The average molecular weight is 464 g/mol. The molecule has 0 aromatic heterocycles. The molecule has 0 N–H and O–H groups in total. The second-order valence-electron chi connectivity index (χ2n) is 0. The third-order valence-electron chi connectivity index (χ3n) is 0. The maximum Gasteiger partial charge on any atom is 0 e. The summed E-state index contributed by atoms with van der Waals surface area (Å²) >= 11 is 0. The average Bonchev–Trinajstić information content (AvgIpc) is 0. The molecule has 0 atom stereocenters. The van der Waals surface area contributed by atoms with Crippen molar-refractivity contribution in [1.82, 2.24) is 0 Å². The van der Waals surface area contributed by atoms with Gasteiger partial charge in [0.25, 0.3) is 0 Å². The van der Waals surface area contributed by atoms with Crippen molar-refractivity contribution in [3.05, 3.63) is 0 Å². The standard InChI is InChI=1S/Co.Cr.Fe.Mn.Ni.W. The van der Waals surface area contributed by atoms with E-state index in [9.17, 15) is 0 Å². The van der Waals surface area contributed by atoms with Crippen LogP contribution in [-0.2, 0) is 106 Å². The summed E-state index contributed by atoms with van der Waals surface area (Å²) in [7, 11) is 0. The molecular weight excluding hydrogens is 464 g/mol. The Balaban J connectivity index is 0.